The van der Waals surface area contributed by atoms with E-state index in [-0.39, 0.29) is 6.04 Å². The molecule has 3 atom stereocenters. The molecule has 3 rings (SSSR count). The molecule has 1 aliphatic rings. The fourth-order valence-corrected chi connectivity index (χ4v) is 2.95. The summed E-state index contributed by atoms with van der Waals surface area (Å²) in [6.45, 7) is 2.24. The van der Waals surface area contributed by atoms with E-state index in [2.05, 4.69) is 24.4 Å². The Hall–Kier alpha value is -1.51. The highest BCUT2D eigenvalue weighted by molar-refractivity contribution is 6.30. The van der Waals surface area contributed by atoms with Crippen molar-refractivity contribution in [3.05, 3.63) is 64.7 Å². The fraction of sp³-hybridized carbons (Fsp3) is 0.333. The van der Waals surface area contributed by atoms with Crippen molar-refractivity contribution in [3.63, 3.8) is 0 Å². The zero-order chi connectivity index (χ0) is 14.8. The van der Waals surface area contributed by atoms with Gasteiger partial charge in [-0.2, -0.15) is 0 Å². The third-order valence-corrected chi connectivity index (χ3v) is 4.51. The summed E-state index contributed by atoms with van der Waals surface area (Å²) in [5, 5.41) is 14.0. The van der Waals surface area contributed by atoms with Gasteiger partial charge in [-0.05, 0) is 47.7 Å². The lowest BCUT2D eigenvalue weighted by Crippen LogP contribution is -2.25. The van der Waals surface area contributed by atoms with E-state index in [1.807, 2.05) is 24.3 Å². The third kappa shape index (κ3) is 3.39. The third-order valence-electron chi connectivity index (χ3n) is 4.26. The molecule has 2 N–H and O–H groups in total. The highest BCUT2D eigenvalue weighted by Gasteiger charge is 2.37. The number of hydrogen-bond acceptors (Lipinski definition) is 2. The van der Waals surface area contributed by atoms with Crippen molar-refractivity contribution in [2.75, 3.05) is 0 Å². The molecule has 0 spiro atoms. The number of nitrogens with one attached hydrogen (secondary N) is 1. The van der Waals surface area contributed by atoms with E-state index in [4.69, 9.17) is 11.6 Å². The number of halogens is 1. The summed E-state index contributed by atoms with van der Waals surface area (Å²) < 4.78 is 0. The van der Waals surface area contributed by atoms with Crippen LogP contribution in [0.3, 0.4) is 0 Å². The minimum absolute atomic E-state index is 0.143. The predicted octanol–water partition coefficient (Wildman–Crippen LogP) is 4.52. The normalized spacial score (nSPS) is 22.0. The van der Waals surface area contributed by atoms with Gasteiger partial charge >= 0.3 is 0 Å². The van der Waals surface area contributed by atoms with Gasteiger partial charge in [0.1, 0.15) is 5.75 Å². The molecule has 21 heavy (non-hydrogen) atoms. The van der Waals surface area contributed by atoms with Crippen LogP contribution in [0, 0.1) is 5.92 Å². The SMILES string of the molecule is CCC1CC1NC(c1ccc(O)cc1)c1ccc(Cl)cc1. The van der Waals surface area contributed by atoms with Gasteiger partial charge in [0.05, 0.1) is 6.04 Å². The van der Waals surface area contributed by atoms with E-state index >= 15 is 0 Å². The molecule has 2 aromatic carbocycles. The Morgan fingerprint density at radius 1 is 1.10 bits per heavy atom. The van der Waals surface area contributed by atoms with Crippen LogP contribution in [0.1, 0.15) is 36.9 Å². The molecular formula is C18H20ClNO. The van der Waals surface area contributed by atoms with Gasteiger partial charge in [0.15, 0.2) is 0 Å². The highest BCUT2D eigenvalue weighted by atomic mass is 35.5. The van der Waals surface area contributed by atoms with Gasteiger partial charge in [0, 0.05) is 11.1 Å². The van der Waals surface area contributed by atoms with E-state index < -0.39 is 0 Å². The van der Waals surface area contributed by atoms with Gasteiger partial charge in [0.25, 0.3) is 0 Å². The molecule has 110 valence electrons. The second kappa shape index (κ2) is 6.08. The van der Waals surface area contributed by atoms with Gasteiger partial charge < -0.3 is 10.4 Å². The molecule has 2 aromatic rings. The first kappa shape index (κ1) is 14.4. The second-order valence-corrected chi connectivity index (χ2v) is 6.19. The fourth-order valence-electron chi connectivity index (χ4n) is 2.82. The molecule has 1 fully saturated rings. The molecule has 0 amide bonds. The van der Waals surface area contributed by atoms with Gasteiger partial charge in [-0.15, -0.1) is 0 Å². The van der Waals surface area contributed by atoms with Gasteiger partial charge in [-0.25, -0.2) is 0 Å². The standard InChI is InChI=1S/C18H20ClNO/c1-2-12-11-17(12)20-18(13-3-7-15(19)8-4-13)14-5-9-16(21)10-6-14/h3-10,12,17-18,20-21H,2,11H2,1H3. The van der Waals surface area contributed by atoms with Gasteiger partial charge in [-0.1, -0.05) is 49.2 Å². The zero-order valence-corrected chi connectivity index (χ0v) is 12.8. The van der Waals surface area contributed by atoms with Crippen molar-refractivity contribution in [2.24, 2.45) is 5.92 Å². The lowest BCUT2D eigenvalue weighted by atomic mass is 9.98. The summed E-state index contributed by atoms with van der Waals surface area (Å²) in [6, 6.07) is 16.1. The summed E-state index contributed by atoms with van der Waals surface area (Å²) in [5.41, 5.74) is 2.36. The number of benzene rings is 2. The Balaban J connectivity index is 1.87. The van der Waals surface area contributed by atoms with Crippen LogP contribution in [-0.4, -0.2) is 11.1 Å². The summed E-state index contributed by atoms with van der Waals surface area (Å²) in [7, 11) is 0. The number of hydrogen-bond donors (Lipinski definition) is 2. The zero-order valence-electron chi connectivity index (χ0n) is 12.1. The van der Waals surface area contributed by atoms with Crippen molar-refractivity contribution in [1.29, 1.82) is 0 Å². The van der Waals surface area contributed by atoms with Crippen molar-refractivity contribution in [3.8, 4) is 5.75 Å². The van der Waals surface area contributed by atoms with Crippen LogP contribution in [0.2, 0.25) is 5.02 Å². The van der Waals surface area contributed by atoms with Crippen LogP contribution in [0.4, 0.5) is 0 Å². The first-order valence-corrected chi connectivity index (χ1v) is 7.85. The first-order chi connectivity index (χ1) is 10.2. The average Bonchev–Trinajstić information content (AvgIpc) is 3.25. The van der Waals surface area contributed by atoms with E-state index in [0.717, 1.165) is 16.5 Å². The quantitative estimate of drug-likeness (QED) is 0.851. The Labute approximate surface area is 130 Å². The van der Waals surface area contributed by atoms with Crippen molar-refractivity contribution >= 4 is 11.6 Å². The molecule has 3 heteroatoms. The van der Waals surface area contributed by atoms with Crippen LogP contribution in [0.5, 0.6) is 5.75 Å². The first-order valence-electron chi connectivity index (χ1n) is 7.48. The van der Waals surface area contributed by atoms with Crippen LogP contribution in [0.15, 0.2) is 48.5 Å². The molecule has 3 unspecified atom stereocenters. The van der Waals surface area contributed by atoms with Crippen molar-refractivity contribution in [1.82, 2.24) is 5.32 Å². The topological polar surface area (TPSA) is 32.3 Å². The number of aromatic hydroxyl groups is 1. The largest absolute Gasteiger partial charge is 0.508 e. The monoisotopic (exact) mass is 301 g/mol. The Morgan fingerprint density at radius 3 is 2.19 bits per heavy atom. The summed E-state index contributed by atoms with van der Waals surface area (Å²) in [6.07, 6.45) is 2.47. The minimum atomic E-state index is 0.143. The number of phenolic OH excluding ortho intramolecular Hbond substituents is 1. The molecule has 0 radical (unpaired) electrons. The van der Waals surface area contributed by atoms with E-state index in [9.17, 15) is 5.11 Å². The average molecular weight is 302 g/mol. The van der Waals surface area contributed by atoms with E-state index in [0.29, 0.717) is 11.8 Å². The maximum absolute atomic E-state index is 9.48. The lowest BCUT2D eigenvalue weighted by molar-refractivity contribution is 0.474. The highest BCUT2D eigenvalue weighted by Crippen LogP contribution is 2.37. The summed E-state index contributed by atoms with van der Waals surface area (Å²) in [5.74, 6) is 1.09. The van der Waals surface area contributed by atoms with E-state index in [1.54, 1.807) is 12.1 Å². The van der Waals surface area contributed by atoms with Gasteiger partial charge in [0.2, 0.25) is 0 Å². The Morgan fingerprint density at radius 2 is 1.67 bits per heavy atom. The molecule has 1 saturated carbocycles. The summed E-state index contributed by atoms with van der Waals surface area (Å²) in [4.78, 5) is 0. The Bertz CT molecular complexity index is 548. The van der Waals surface area contributed by atoms with Crippen LogP contribution in [-0.2, 0) is 0 Å². The van der Waals surface area contributed by atoms with Crippen LogP contribution < -0.4 is 5.32 Å². The molecule has 0 aromatic heterocycles. The molecule has 0 bridgehead atoms. The molecule has 1 aliphatic carbocycles. The van der Waals surface area contributed by atoms with Crippen molar-refractivity contribution in [2.45, 2.75) is 31.8 Å². The van der Waals surface area contributed by atoms with E-state index in [1.165, 1.54) is 18.4 Å². The second-order valence-electron chi connectivity index (χ2n) is 5.75. The molecule has 0 aliphatic heterocycles. The summed E-state index contributed by atoms with van der Waals surface area (Å²) >= 11 is 5.99. The number of phenols is 1. The molecular weight excluding hydrogens is 282 g/mol. The molecule has 2 nitrogen and oxygen atoms in total. The lowest BCUT2D eigenvalue weighted by Gasteiger charge is -2.20. The predicted molar refractivity (Wildman–Crippen MR) is 86.7 cm³/mol. The smallest absolute Gasteiger partial charge is 0.115 e. The van der Waals surface area contributed by atoms with Gasteiger partial charge in [-0.3, -0.25) is 0 Å². The molecule has 0 heterocycles. The maximum atomic E-state index is 9.48. The minimum Gasteiger partial charge on any atom is -0.508 e. The molecule has 0 saturated heterocycles. The van der Waals surface area contributed by atoms with Crippen LogP contribution >= 0.6 is 11.6 Å². The maximum Gasteiger partial charge on any atom is 0.115 e. The van der Waals surface area contributed by atoms with Crippen LogP contribution in [0.25, 0.3) is 0 Å². The van der Waals surface area contributed by atoms with Crippen molar-refractivity contribution < 1.29 is 5.11 Å². The Kier molecular flexibility index (Phi) is 4.18. The number of rotatable bonds is 5.